The van der Waals surface area contributed by atoms with Crippen molar-refractivity contribution >= 4 is 40.1 Å². The molecule has 0 fully saturated rings. The SMILES string of the molecule is CNC(=O)Nc1cc(Oc2ccnc3cc(C)c(C(=O)NC)cc23)ccc1Cl. The van der Waals surface area contributed by atoms with Crippen LogP contribution in [0.2, 0.25) is 5.02 Å². The normalized spacial score (nSPS) is 10.4. The second-order valence-electron chi connectivity index (χ2n) is 6.02. The van der Waals surface area contributed by atoms with Crippen LogP contribution in [0, 0.1) is 6.92 Å². The molecule has 0 spiro atoms. The Balaban J connectivity index is 2.01. The summed E-state index contributed by atoms with van der Waals surface area (Å²) in [6.07, 6.45) is 1.64. The van der Waals surface area contributed by atoms with Crippen LogP contribution < -0.4 is 20.7 Å². The molecule has 7 nitrogen and oxygen atoms in total. The van der Waals surface area contributed by atoms with Crippen LogP contribution in [0.5, 0.6) is 11.5 Å². The number of hydrogen-bond acceptors (Lipinski definition) is 4. The van der Waals surface area contributed by atoms with Crippen LogP contribution in [0.1, 0.15) is 15.9 Å². The van der Waals surface area contributed by atoms with Crippen molar-refractivity contribution in [2.75, 3.05) is 19.4 Å². The molecular weight excluding hydrogens is 380 g/mol. The summed E-state index contributed by atoms with van der Waals surface area (Å²) in [6.45, 7) is 1.86. The largest absolute Gasteiger partial charge is 0.457 e. The summed E-state index contributed by atoms with van der Waals surface area (Å²) in [7, 11) is 3.10. The smallest absolute Gasteiger partial charge is 0.319 e. The summed E-state index contributed by atoms with van der Waals surface area (Å²) in [6, 6.07) is 9.87. The van der Waals surface area contributed by atoms with E-state index in [4.69, 9.17) is 16.3 Å². The van der Waals surface area contributed by atoms with Gasteiger partial charge in [0.1, 0.15) is 11.5 Å². The standard InChI is InChI=1S/C20H19ClN4O3/c1-11-8-16-14(10-13(11)19(26)22-2)18(6-7-24-16)28-12-4-5-15(21)17(9-12)25-20(27)23-3/h4-10H,1-3H3,(H,22,26)(H2,23,25,27). The van der Waals surface area contributed by atoms with Gasteiger partial charge < -0.3 is 20.7 Å². The molecule has 3 aromatic rings. The lowest BCUT2D eigenvalue weighted by Gasteiger charge is -2.13. The highest BCUT2D eigenvalue weighted by Gasteiger charge is 2.13. The number of amides is 3. The van der Waals surface area contributed by atoms with Gasteiger partial charge >= 0.3 is 6.03 Å². The van der Waals surface area contributed by atoms with Crippen molar-refractivity contribution in [3.63, 3.8) is 0 Å². The van der Waals surface area contributed by atoms with E-state index in [-0.39, 0.29) is 11.9 Å². The Morgan fingerprint density at radius 1 is 1.07 bits per heavy atom. The lowest BCUT2D eigenvalue weighted by molar-refractivity contribution is 0.0962. The van der Waals surface area contributed by atoms with Gasteiger partial charge in [0.15, 0.2) is 0 Å². The van der Waals surface area contributed by atoms with Gasteiger partial charge in [0.2, 0.25) is 0 Å². The minimum atomic E-state index is -0.390. The fourth-order valence-electron chi connectivity index (χ4n) is 2.72. The molecule has 0 unspecified atom stereocenters. The number of pyridine rings is 1. The summed E-state index contributed by atoms with van der Waals surface area (Å²) in [4.78, 5) is 28.1. The first-order valence-electron chi connectivity index (χ1n) is 8.50. The van der Waals surface area contributed by atoms with Crippen LogP contribution in [-0.4, -0.2) is 31.0 Å². The lowest BCUT2D eigenvalue weighted by Crippen LogP contribution is -2.24. The Labute approximate surface area is 167 Å². The topological polar surface area (TPSA) is 92.3 Å². The number of aromatic nitrogens is 1. The van der Waals surface area contributed by atoms with Crippen LogP contribution in [0.3, 0.4) is 0 Å². The summed E-state index contributed by atoms with van der Waals surface area (Å²) in [5.74, 6) is 0.825. The monoisotopic (exact) mass is 398 g/mol. The van der Waals surface area contributed by atoms with Gasteiger partial charge in [-0.1, -0.05) is 11.6 Å². The van der Waals surface area contributed by atoms with Crippen molar-refractivity contribution in [1.29, 1.82) is 0 Å². The first-order chi connectivity index (χ1) is 13.4. The van der Waals surface area contributed by atoms with Crippen LogP contribution in [-0.2, 0) is 0 Å². The molecule has 3 rings (SSSR count). The number of hydrogen-bond donors (Lipinski definition) is 3. The van der Waals surface area contributed by atoms with E-state index in [0.717, 1.165) is 5.56 Å². The van der Waals surface area contributed by atoms with E-state index in [1.807, 2.05) is 13.0 Å². The van der Waals surface area contributed by atoms with Crippen LogP contribution in [0.25, 0.3) is 10.9 Å². The quantitative estimate of drug-likeness (QED) is 0.616. The van der Waals surface area contributed by atoms with Crippen molar-refractivity contribution < 1.29 is 14.3 Å². The van der Waals surface area contributed by atoms with Gasteiger partial charge in [-0.25, -0.2) is 4.79 Å². The molecule has 2 aromatic carbocycles. The number of aryl methyl sites for hydroxylation is 1. The molecule has 0 aliphatic heterocycles. The first-order valence-corrected chi connectivity index (χ1v) is 8.88. The maximum absolute atomic E-state index is 12.1. The number of fused-ring (bicyclic) bond motifs is 1. The maximum Gasteiger partial charge on any atom is 0.319 e. The molecule has 28 heavy (non-hydrogen) atoms. The highest BCUT2D eigenvalue weighted by atomic mass is 35.5. The number of anilines is 1. The first kappa shape index (κ1) is 19.4. The summed E-state index contributed by atoms with van der Waals surface area (Å²) < 4.78 is 6.01. The molecule has 0 aliphatic rings. The number of urea groups is 1. The Bertz CT molecular complexity index is 1070. The molecule has 1 heterocycles. The van der Waals surface area contributed by atoms with Crippen LogP contribution in [0.15, 0.2) is 42.6 Å². The molecule has 8 heteroatoms. The van der Waals surface area contributed by atoms with Gasteiger partial charge in [-0.3, -0.25) is 9.78 Å². The Morgan fingerprint density at radius 3 is 2.57 bits per heavy atom. The van der Waals surface area contributed by atoms with Crippen molar-refractivity contribution in [2.45, 2.75) is 6.92 Å². The fourth-order valence-corrected chi connectivity index (χ4v) is 2.88. The van der Waals surface area contributed by atoms with E-state index >= 15 is 0 Å². The lowest BCUT2D eigenvalue weighted by atomic mass is 10.0. The summed E-state index contributed by atoms with van der Waals surface area (Å²) >= 11 is 6.13. The van der Waals surface area contributed by atoms with E-state index in [2.05, 4.69) is 20.9 Å². The van der Waals surface area contributed by atoms with Gasteiger partial charge in [0.05, 0.1) is 16.2 Å². The number of ether oxygens (including phenoxy) is 1. The zero-order valence-corrected chi connectivity index (χ0v) is 16.3. The molecule has 0 atom stereocenters. The highest BCUT2D eigenvalue weighted by molar-refractivity contribution is 6.33. The summed E-state index contributed by atoms with van der Waals surface area (Å²) in [5.41, 5.74) is 2.49. The molecule has 0 saturated carbocycles. The molecule has 0 saturated heterocycles. The fraction of sp³-hybridized carbons (Fsp3) is 0.150. The van der Waals surface area contributed by atoms with Gasteiger partial charge in [0.25, 0.3) is 5.91 Å². The zero-order chi connectivity index (χ0) is 20.3. The molecule has 0 radical (unpaired) electrons. The average Bonchev–Trinajstić information content (AvgIpc) is 2.69. The number of nitrogens with one attached hydrogen (secondary N) is 3. The van der Waals surface area contributed by atoms with E-state index in [0.29, 0.717) is 38.7 Å². The third-order valence-corrected chi connectivity index (χ3v) is 4.49. The number of benzene rings is 2. The van der Waals surface area contributed by atoms with Crippen molar-refractivity contribution in [3.8, 4) is 11.5 Å². The van der Waals surface area contributed by atoms with Crippen molar-refractivity contribution in [1.82, 2.24) is 15.6 Å². The highest BCUT2D eigenvalue weighted by Crippen LogP contribution is 2.33. The Kier molecular flexibility index (Phi) is 5.65. The van der Waals surface area contributed by atoms with Crippen molar-refractivity contribution in [3.05, 3.63) is 58.7 Å². The van der Waals surface area contributed by atoms with Gasteiger partial charge in [-0.2, -0.15) is 0 Å². The number of rotatable bonds is 4. The average molecular weight is 399 g/mol. The molecule has 0 aliphatic carbocycles. The Hall–Kier alpha value is -3.32. The van der Waals surface area contributed by atoms with Crippen molar-refractivity contribution in [2.24, 2.45) is 0 Å². The predicted molar refractivity (Wildman–Crippen MR) is 109 cm³/mol. The van der Waals surface area contributed by atoms with Gasteiger partial charge in [-0.05, 0) is 42.8 Å². The molecule has 3 amide bonds. The second-order valence-corrected chi connectivity index (χ2v) is 6.43. The molecular formula is C20H19ClN4O3. The maximum atomic E-state index is 12.1. The molecule has 3 N–H and O–H groups in total. The van der Waals surface area contributed by atoms with E-state index < -0.39 is 0 Å². The number of carbonyl (C=O) groups is 2. The second kappa shape index (κ2) is 8.14. The van der Waals surface area contributed by atoms with Crippen LogP contribution >= 0.6 is 11.6 Å². The number of nitrogens with zero attached hydrogens (tertiary/aromatic N) is 1. The molecule has 0 bridgehead atoms. The van der Waals surface area contributed by atoms with E-state index in [1.165, 1.54) is 7.05 Å². The molecule has 1 aromatic heterocycles. The minimum absolute atomic E-state index is 0.183. The Morgan fingerprint density at radius 2 is 1.86 bits per heavy atom. The van der Waals surface area contributed by atoms with E-state index in [1.54, 1.807) is 43.6 Å². The van der Waals surface area contributed by atoms with Gasteiger partial charge in [-0.15, -0.1) is 0 Å². The number of carbonyl (C=O) groups excluding carboxylic acids is 2. The minimum Gasteiger partial charge on any atom is -0.457 e. The molecule has 144 valence electrons. The number of halogens is 1. The zero-order valence-electron chi connectivity index (χ0n) is 15.6. The van der Waals surface area contributed by atoms with Gasteiger partial charge in [0, 0.05) is 37.3 Å². The predicted octanol–water partition coefficient (Wildman–Crippen LogP) is 4.10. The third-order valence-electron chi connectivity index (χ3n) is 4.16. The van der Waals surface area contributed by atoms with Crippen LogP contribution in [0.4, 0.5) is 10.5 Å². The van der Waals surface area contributed by atoms with E-state index in [9.17, 15) is 9.59 Å². The summed E-state index contributed by atoms with van der Waals surface area (Å²) in [5, 5.41) is 8.81. The third kappa shape index (κ3) is 3.99.